The van der Waals surface area contributed by atoms with Gasteiger partial charge >= 0.3 is 6.02 Å². The molecule has 0 aromatic rings. The van der Waals surface area contributed by atoms with Crippen molar-refractivity contribution < 1.29 is 4.74 Å². The van der Waals surface area contributed by atoms with Crippen LogP contribution in [0.3, 0.4) is 0 Å². The lowest BCUT2D eigenvalue weighted by atomic mass is 10.3. The van der Waals surface area contributed by atoms with E-state index < -0.39 is 0 Å². The van der Waals surface area contributed by atoms with E-state index in [-0.39, 0.29) is 6.04 Å². The van der Waals surface area contributed by atoms with Gasteiger partial charge in [0.25, 0.3) is 0 Å². The van der Waals surface area contributed by atoms with Crippen molar-refractivity contribution in [2.45, 2.75) is 33.7 Å². The molecule has 16 heavy (non-hydrogen) atoms. The molecule has 5 heteroatoms. The third kappa shape index (κ3) is 3.05. The van der Waals surface area contributed by atoms with Crippen LogP contribution < -0.4 is 0 Å². The summed E-state index contributed by atoms with van der Waals surface area (Å²) in [7, 11) is 1.76. The van der Waals surface area contributed by atoms with Crippen LogP contribution in [0.15, 0.2) is 15.2 Å². The third-order valence-electron chi connectivity index (χ3n) is 2.10. The zero-order chi connectivity index (χ0) is 12.1. The molecule has 1 saturated heterocycles. The van der Waals surface area contributed by atoms with Gasteiger partial charge in [0.2, 0.25) is 0 Å². The lowest BCUT2D eigenvalue weighted by Crippen LogP contribution is -2.36. The molecule has 0 bridgehead atoms. The summed E-state index contributed by atoms with van der Waals surface area (Å²) >= 11 is 0. The highest BCUT2D eigenvalue weighted by Crippen LogP contribution is 2.11. The zero-order valence-electron chi connectivity index (χ0n) is 10.6. The molecule has 90 valence electrons. The van der Waals surface area contributed by atoms with E-state index in [4.69, 9.17) is 4.74 Å². The maximum atomic E-state index is 5.44. The highest BCUT2D eigenvalue weighted by Gasteiger charge is 2.29. The molecule has 5 nitrogen and oxygen atoms in total. The van der Waals surface area contributed by atoms with Crippen LogP contribution in [0.2, 0.25) is 0 Å². The molecule has 0 radical (unpaired) electrons. The van der Waals surface area contributed by atoms with E-state index in [1.54, 1.807) is 13.3 Å². The Balaban J connectivity index is 2.81. The van der Waals surface area contributed by atoms with Gasteiger partial charge in [0.1, 0.15) is 12.4 Å². The van der Waals surface area contributed by atoms with E-state index in [0.717, 1.165) is 5.84 Å². The Hall–Kier alpha value is -1.39. The van der Waals surface area contributed by atoms with Crippen molar-refractivity contribution in [3.63, 3.8) is 0 Å². The van der Waals surface area contributed by atoms with Crippen LogP contribution in [0.5, 0.6) is 0 Å². The fourth-order valence-corrected chi connectivity index (χ4v) is 1.36. The number of amidine groups is 2. The first-order valence-corrected chi connectivity index (χ1v) is 5.55. The molecule has 0 atom stereocenters. The predicted octanol–water partition coefficient (Wildman–Crippen LogP) is 1.75. The first-order valence-electron chi connectivity index (χ1n) is 5.55. The second-order valence-corrected chi connectivity index (χ2v) is 4.28. The molecular weight excluding hydrogens is 204 g/mol. The number of hydrogen-bond donors (Lipinski definition) is 0. The van der Waals surface area contributed by atoms with Gasteiger partial charge in [0.05, 0.1) is 0 Å². The summed E-state index contributed by atoms with van der Waals surface area (Å²) in [6.45, 7) is 8.73. The lowest BCUT2D eigenvalue weighted by molar-refractivity contribution is 0.347. The van der Waals surface area contributed by atoms with Gasteiger partial charge in [0, 0.05) is 19.3 Å². The van der Waals surface area contributed by atoms with Crippen LogP contribution in [0, 0.1) is 5.92 Å². The smallest absolute Gasteiger partial charge is 0.317 e. The first-order chi connectivity index (χ1) is 7.56. The first kappa shape index (κ1) is 12.7. The number of nitrogens with zero attached hydrogens (tertiary/aromatic N) is 4. The Morgan fingerprint density at radius 3 is 2.50 bits per heavy atom. The second-order valence-electron chi connectivity index (χ2n) is 4.28. The summed E-state index contributed by atoms with van der Waals surface area (Å²) in [5.41, 5.74) is 0. The molecule has 1 rings (SSSR count). The zero-order valence-corrected chi connectivity index (χ0v) is 10.6. The van der Waals surface area contributed by atoms with Gasteiger partial charge in [-0.05, 0) is 19.8 Å². The molecule has 0 aromatic heterocycles. The fourth-order valence-electron chi connectivity index (χ4n) is 1.36. The standard InChI is InChI=1S/C11H20N4O/c1-8(2)6-13-14-11-15(9(3)4)10(12-5)7-16-11/h6,8-9H,7H2,1-5H3/b12-10-,13-6+,14-11-. The number of rotatable bonds is 3. The van der Waals surface area contributed by atoms with Crippen molar-refractivity contribution >= 4 is 18.1 Å². The van der Waals surface area contributed by atoms with Crippen molar-refractivity contribution in [1.82, 2.24) is 4.90 Å². The van der Waals surface area contributed by atoms with Crippen molar-refractivity contribution in [2.75, 3.05) is 13.7 Å². The molecule has 0 aromatic carbocycles. The Bertz CT molecular complexity index is 318. The van der Waals surface area contributed by atoms with Crippen molar-refractivity contribution in [2.24, 2.45) is 21.1 Å². The van der Waals surface area contributed by atoms with Crippen LogP contribution in [-0.4, -0.2) is 42.7 Å². The van der Waals surface area contributed by atoms with Crippen LogP contribution in [0.1, 0.15) is 27.7 Å². The molecule has 1 aliphatic heterocycles. The number of ether oxygens (including phenoxy) is 1. The summed E-state index contributed by atoms with van der Waals surface area (Å²) in [5.74, 6) is 1.28. The minimum Gasteiger partial charge on any atom is -0.455 e. The quantitative estimate of drug-likeness (QED) is 0.541. The highest BCUT2D eigenvalue weighted by molar-refractivity contribution is 6.03. The second kappa shape index (κ2) is 5.63. The van der Waals surface area contributed by atoms with E-state index in [1.807, 2.05) is 4.90 Å². The summed E-state index contributed by atoms with van der Waals surface area (Å²) < 4.78 is 5.44. The van der Waals surface area contributed by atoms with Gasteiger partial charge in [-0.2, -0.15) is 5.10 Å². The van der Waals surface area contributed by atoms with Gasteiger partial charge in [-0.15, -0.1) is 0 Å². The van der Waals surface area contributed by atoms with E-state index in [1.165, 1.54) is 0 Å². The topological polar surface area (TPSA) is 49.6 Å². The molecule has 0 aliphatic carbocycles. The average molecular weight is 224 g/mol. The van der Waals surface area contributed by atoms with E-state index in [2.05, 4.69) is 42.9 Å². The maximum absolute atomic E-state index is 5.44. The van der Waals surface area contributed by atoms with E-state index in [0.29, 0.717) is 18.5 Å². The summed E-state index contributed by atoms with van der Waals surface area (Å²) in [4.78, 5) is 6.12. The Labute approximate surface area is 96.9 Å². The van der Waals surface area contributed by atoms with Crippen LogP contribution in [-0.2, 0) is 4.74 Å². The molecule has 1 fully saturated rings. The molecule has 0 N–H and O–H groups in total. The van der Waals surface area contributed by atoms with Crippen LogP contribution in [0.25, 0.3) is 0 Å². The molecule has 0 saturated carbocycles. The van der Waals surface area contributed by atoms with Crippen molar-refractivity contribution in [3.8, 4) is 0 Å². The Morgan fingerprint density at radius 2 is 2.00 bits per heavy atom. The van der Waals surface area contributed by atoms with Gasteiger partial charge < -0.3 is 4.74 Å². The minimum atomic E-state index is 0.272. The normalized spacial score (nSPS) is 22.1. The molecule has 1 aliphatic rings. The largest absolute Gasteiger partial charge is 0.455 e. The fraction of sp³-hybridized carbons (Fsp3) is 0.727. The number of aliphatic imine (C=N–C) groups is 1. The van der Waals surface area contributed by atoms with Crippen LogP contribution >= 0.6 is 0 Å². The maximum Gasteiger partial charge on any atom is 0.317 e. The van der Waals surface area contributed by atoms with Gasteiger partial charge in [-0.3, -0.25) is 9.89 Å². The Morgan fingerprint density at radius 1 is 1.31 bits per heavy atom. The van der Waals surface area contributed by atoms with E-state index >= 15 is 0 Å². The number of hydrogen-bond acceptors (Lipinski definition) is 4. The lowest BCUT2D eigenvalue weighted by Gasteiger charge is -2.19. The molecule has 1 heterocycles. The average Bonchev–Trinajstić information content (AvgIpc) is 2.60. The predicted molar refractivity (Wildman–Crippen MR) is 67.1 cm³/mol. The molecule has 0 amide bonds. The van der Waals surface area contributed by atoms with Gasteiger partial charge in [-0.25, -0.2) is 0 Å². The van der Waals surface area contributed by atoms with Gasteiger partial charge in [-0.1, -0.05) is 18.9 Å². The summed E-state index contributed by atoms with van der Waals surface area (Å²) in [5, 5.41) is 8.07. The van der Waals surface area contributed by atoms with Crippen molar-refractivity contribution in [3.05, 3.63) is 0 Å². The molecule has 0 spiro atoms. The van der Waals surface area contributed by atoms with Crippen LogP contribution in [0.4, 0.5) is 0 Å². The van der Waals surface area contributed by atoms with Gasteiger partial charge in [0.15, 0.2) is 0 Å². The Kier molecular flexibility index (Phi) is 4.46. The minimum absolute atomic E-state index is 0.272. The monoisotopic (exact) mass is 224 g/mol. The highest BCUT2D eigenvalue weighted by atomic mass is 16.5. The summed E-state index contributed by atoms with van der Waals surface area (Å²) in [6, 6.07) is 0.807. The van der Waals surface area contributed by atoms with E-state index in [9.17, 15) is 0 Å². The van der Waals surface area contributed by atoms with Crippen molar-refractivity contribution in [1.29, 1.82) is 0 Å². The summed E-state index contributed by atoms with van der Waals surface area (Å²) in [6.07, 6.45) is 1.79. The SMILES string of the molecule is C/N=C1/CO/C(=N\N=C\C(C)C)N1C(C)C. The molecule has 0 unspecified atom stereocenters. The molecular formula is C11H20N4O. The third-order valence-corrected chi connectivity index (χ3v) is 2.10.